The van der Waals surface area contributed by atoms with Crippen LogP contribution >= 0.6 is 0 Å². The van der Waals surface area contributed by atoms with E-state index in [0.29, 0.717) is 19.6 Å². The Labute approximate surface area is 195 Å². The molecule has 0 bridgehead atoms. The van der Waals surface area contributed by atoms with Gasteiger partial charge in [-0.25, -0.2) is 9.38 Å². The molecule has 0 saturated carbocycles. The van der Waals surface area contributed by atoms with Crippen molar-refractivity contribution in [3.05, 3.63) is 113 Å². The number of hydrogen-bond acceptors (Lipinski definition) is 3. The Bertz CT molecular complexity index is 1240. The molecule has 0 unspecified atom stereocenters. The molecule has 33 heavy (non-hydrogen) atoms. The summed E-state index contributed by atoms with van der Waals surface area (Å²) in [6.07, 6.45) is 8.59. The summed E-state index contributed by atoms with van der Waals surface area (Å²) in [5.74, 6) is 0.505. The highest BCUT2D eigenvalue weighted by molar-refractivity contribution is 6.11. The van der Waals surface area contributed by atoms with Crippen molar-refractivity contribution in [1.82, 2.24) is 4.48 Å². The van der Waals surface area contributed by atoms with Crippen LogP contribution < -0.4 is 10.5 Å². The van der Waals surface area contributed by atoms with E-state index in [9.17, 15) is 4.39 Å². The molecule has 0 spiro atoms. The van der Waals surface area contributed by atoms with Crippen LogP contribution in [0.2, 0.25) is 0 Å². The van der Waals surface area contributed by atoms with Gasteiger partial charge in [0.15, 0.2) is 0 Å². The molecule has 1 aromatic heterocycles. The maximum Gasteiger partial charge on any atom is 0.234 e. The first kappa shape index (κ1) is 22.6. The van der Waals surface area contributed by atoms with Gasteiger partial charge in [0, 0.05) is 11.3 Å². The van der Waals surface area contributed by atoms with E-state index >= 15 is 0 Å². The van der Waals surface area contributed by atoms with Gasteiger partial charge in [0.05, 0.1) is 11.4 Å². The van der Waals surface area contributed by atoms with E-state index in [2.05, 4.69) is 6.08 Å². The maximum absolute atomic E-state index is 13.0. The average molecular weight is 437 g/mol. The summed E-state index contributed by atoms with van der Waals surface area (Å²) in [6, 6.07) is 18.0. The largest absolute Gasteiger partial charge is 0.489 e. The number of rotatable bonds is 8. The Morgan fingerprint density at radius 2 is 1.85 bits per heavy atom. The van der Waals surface area contributed by atoms with E-state index in [1.165, 1.54) is 12.1 Å². The number of allylic oxidation sites excluding steroid dienone is 3. The fourth-order valence-corrected chi connectivity index (χ4v) is 3.70. The highest BCUT2D eigenvalue weighted by Gasteiger charge is 2.16. The molecule has 2 aromatic carbocycles. The van der Waals surface area contributed by atoms with Crippen molar-refractivity contribution in [2.45, 2.75) is 20.0 Å². The molecule has 4 nitrogen and oxygen atoms in total. The third-order valence-corrected chi connectivity index (χ3v) is 5.39. The summed E-state index contributed by atoms with van der Waals surface area (Å²) in [6.45, 7) is 2.96. The molecule has 4 rings (SSSR count). The molecule has 3 aromatic rings. The summed E-state index contributed by atoms with van der Waals surface area (Å²) in [5, 5.41) is 0. The van der Waals surface area contributed by atoms with Crippen LogP contribution in [-0.4, -0.2) is 24.7 Å². The lowest BCUT2D eigenvalue weighted by molar-refractivity contribution is 0.306. The van der Waals surface area contributed by atoms with Crippen LogP contribution in [0.4, 0.5) is 4.39 Å². The summed E-state index contributed by atoms with van der Waals surface area (Å²) in [5.41, 5.74) is 12.7. The Balaban J connectivity index is 1.45. The third kappa shape index (κ3) is 5.59. The minimum atomic E-state index is -0.251. The molecule has 0 saturated heterocycles. The molecule has 1 aliphatic rings. The van der Waals surface area contributed by atoms with Crippen molar-refractivity contribution < 1.29 is 9.13 Å². The number of nitrogens with zero attached hydrogens (tertiary/aromatic N) is 2. The summed E-state index contributed by atoms with van der Waals surface area (Å²) in [4.78, 5) is 4.83. The number of halogens is 1. The van der Waals surface area contributed by atoms with Crippen LogP contribution in [0, 0.1) is 5.82 Å². The first-order chi connectivity index (χ1) is 16.0. The summed E-state index contributed by atoms with van der Waals surface area (Å²) >= 11 is 0. The van der Waals surface area contributed by atoms with E-state index in [-0.39, 0.29) is 5.82 Å². The van der Waals surface area contributed by atoms with Crippen molar-refractivity contribution in [3.63, 3.8) is 0 Å². The Morgan fingerprint density at radius 1 is 1.09 bits per heavy atom. The lowest BCUT2D eigenvalue weighted by Gasteiger charge is -2.11. The van der Waals surface area contributed by atoms with Gasteiger partial charge in [0.25, 0.3) is 0 Å². The summed E-state index contributed by atoms with van der Waals surface area (Å²) in [7, 11) is 6.06. The van der Waals surface area contributed by atoms with Gasteiger partial charge < -0.3 is 14.9 Å². The van der Waals surface area contributed by atoms with Crippen molar-refractivity contribution >= 4 is 25.3 Å². The van der Waals surface area contributed by atoms with Gasteiger partial charge in [-0.1, -0.05) is 30.3 Å². The van der Waals surface area contributed by atoms with E-state index in [1.54, 1.807) is 16.6 Å². The van der Waals surface area contributed by atoms with Gasteiger partial charge in [-0.3, -0.25) is 0 Å². The number of nitrogens with two attached hydrogens (primary N) is 1. The standard InChI is InChI=1S/C27H25BFN3O/c1-19-17-23(31-27(19)25(14-15-30)26-3-2-16-32(26)28)11-6-20-7-12-24(13-8-20)33-18-21-4-9-22(29)10-5-21/h2-13,16-17H,14-15,18,30H2,1H3/b11-6+,27-25-. The minimum Gasteiger partial charge on any atom is -0.489 e. The second-order valence-electron chi connectivity index (χ2n) is 7.85. The highest BCUT2D eigenvalue weighted by atomic mass is 19.1. The van der Waals surface area contributed by atoms with Crippen LogP contribution in [0.15, 0.2) is 95.3 Å². The van der Waals surface area contributed by atoms with Crippen molar-refractivity contribution in [3.8, 4) is 5.75 Å². The quantitative estimate of drug-likeness (QED) is 0.486. The molecule has 2 heterocycles. The molecule has 164 valence electrons. The average Bonchev–Trinajstić information content (AvgIpc) is 3.41. The van der Waals surface area contributed by atoms with E-state index in [1.807, 2.05) is 61.7 Å². The van der Waals surface area contributed by atoms with Crippen molar-refractivity contribution in [2.24, 2.45) is 10.7 Å². The monoisotopic (exact) mass is 437 g/mol. The molecule has 1 aliphatic heterocycles. The molecule has 0 atom stereocenters. The topological polar surface area (TPSA) is 52.5 Å². The van der Waals surface area contributed by atoms with Crippen LogP contribution in [-0.2, 0) is 6.61 Å². The van der Waals surface area contributed by atoms with Gasteiger partial charge in [0.2, 0.25) is 7.98 Å². The lowest BCUT2D eigenvalue weighted by atomic mass is 10.0. The highest BCUT2D eigenvalue weighted by Crippen LogP contribution is 2.31. The molecule has 2 radical (unpaired) electrons. The summed E-state index contributed by atoms with van der Waals surface area (Å²) < 4.78 is 20.4. The van der Waals surface area contributed by atoms with Crippen molar-refractivity contribution in [1.29, 1.82) is 0 Å². The minimum absolute atomic E-state index is 0.251. The van der Waals surface area contributed by atoms with Gasteiger partial charge in [-0.15, -0.1) is 0 Å². The smallest absolute Gasteiger partial charge is 0.234 e. The van der Waals surface area contributed by atoms with E-state index in [4.69, 9.17) is 23.4 Å². The molecule has 0 amide bonds. The van der Waals surface area contributed by atoms with E-state index < -0.39 is 0 Å². The Morgan fingerprint density at radius 3 is 2.52 bits per heavy atom. The number of benzene rings is 2. The van der Waals surface area contributed by atoms with Crippen LogP contribution in [0.5, 0.6) is 5.75 Å². The van der Waals surface area contributed by atoms with Crippen LogP contribution in [0.1, 0.15) is 30.2 Å². The van der Waals surface area contributed by atoms with Gasteiger partial charge in [-0.2, -0.15) is 0 Å². The van der Waals surface area contributed by atoms with E-state index in [0.717, 1.165) is 45.1 Å². The zero-order valence-corrected chi connectivity index (χ0v) is 18.5. The normalized spacial score (nSPS) is 15.0. The number of hydrogen-bond donors (Lipinski definition) is 1. The maximum atomic E-state index is 13.0. The van der Waals surface area contributed by atoms with Gasteiger partial charge in [-0.05, 0) is 91.3 Å². The molecule has 6 heteroatoms. The predicted octanol–water partition coefficient (Wildman–Crippen LogP) is 5.31. The van der Waals surface area contributed by atoms with Gasteiger partial charge in [0.1, 0.15) is 18.2 Å². The molecular weight excluding hydrogens is 412 g/mol. The molecule has 0 aliphatic carbocycles. The van der Waals surface area contributed by atoms with Crippen LogP contribution in [0.25, 0.3) is 11.6 Å². The Hall–Kier alpha value is -3.64. The molecule has 0 fully saturated rings. The first-order valence-corrected chi connectivity index (χ1v) is 10.8. The van der Waals surface area contributed by atoms with Crippen LogP contribution in [0.3, 0.4) is 0 Å². The second-order valence-corrected chi connectivity index (χ2v) is 7.85. The lowest BCUT2D eigenvalue weighted by Crippen LogP contribution is -2.05. The number of aliphatic imine (C=N–C) groups is 1. The fraction of sp³-hybridized carbons (Fsp3) is 0.148. The van der Waals surface area contributed by atoms with Crippen molar-refractivity contribution in [2.75, 3.05) is 6.54 Å². The number of aromatic nitrogens is 1. The number of ether oxygens (including phenoxy) is 1. The predicted molar refractivity (Wildman–Crippen MR) is 134 cm³/mol. The SMILES string of the molecule is [B]n1cccc1/C(CCN)=C1N=C(/C=C/c2ccc(OCc3ccc(F)cc3)cc2)C=C\1C. The second kappa shape index (κ2) is 10.3. The zero-order chi connectivity index (χ0) is 23.2. The zero-order valence-electron chi connectivity index (χ0n) is 18.5. The Kier molecular flexibility index (Phi) is 7.05. The third-order valence-electron chi connectivity index (χ3n) is 5.39. The first-order valence-electron chi connectivity index (χ1n) is 10.8. The fourth-order valence-electron chi connectivity index (χ4n) is 3.70. The van der Waals surface area contributed by atoms with Gasteiger partial charge >= 0.3 is 0 Å². The molecular formula is C27H25BFN3O. The molecule has 2 N–H and O–H groups in total.